The Kier molecular flexibility index (Phi) is 5.53. The van der Waals surface area contributed by atoms with Gasteiger partial charge in [-0.2, -0.15) is 0 Å². The zero-order valence-electron chi connectivity index (χ0n) is 19.9. The second-order valence-electron chi connectivity index (χ2n) is 10.6. The Morgan fingerprint density at radius 1 is 1.09 bits per heavy atom. The van der Waals surface area contributed by atoms with Gasteiger partial charge in [-0.05, 0) is 97.3 Å². The van der Waals surface area contributed by atoms with Gasteiger partial charge in [-0.15, -0.1) is 0 Å². The normalized spacial score (nSPS) is 28.4. The molecular weight excluding hydrogens is 428 g/mol. The molecule has 1 N–H and O–H groups in total. The Hall–Kier alpha value is -2.57. The molecular formula is C28H34N2O4. The highest BCUT2D eigenvalue weighted by molar-refractivity contribution is 5.69. The molecule has 2 aliphatic carbocycles. The fourth-order valence-corrected chi connectivity index (χ4v) is 6.81. The topological polar surface area (TPSA) is 62.2 Å². The number of methoxy groups -OCH3 is 1. The van der Waals surface area contributed by atoms with Crippen molar-refractivity contribution in [1.29, 1.82) is 0 Å². The highest BCUT2D eigenvalue weighted by atomic mass is 16.7. The zero-order valence-corrected chi connectivity index (χ0v) is 19.9. The molecule has 4 fully saturated rings. The predicted octanol–water partition coefficient (Wildman–Crippen LogP) is 5.18. The van der Waals surface area contributed by atoms with E-state index in [-0.39, 0.29) is 24.3 Å². The number of hydrogen-bond donors (Lipinski definition) is 1. The van der Waals surface area contributed by atoms with Crippen molar-refractivity contribution in [3.05, 3.63) is 53.6 Å². The van der Waals surface area contributed by atoms with E-state index in [1.54, 1.807) is 7.11 Å². The van der Waals surface area contributed by atoms with E-state index < -0.39 is 6.09 Å². The number of fused-ring (bicyclic) bond motifs is 4. The van der Waals surface area contributed by atoms with Crippen LogP contribution in [0.2, 0.25) is 0 Å². The third kappa shape index (κ3) is 3.77. The number of carboxylic acid groups (broad SMARTS) is 1. The molecule has 34 heavy (non-hydrogen) atoms. The lowest BCUT2D eigenvalue weighted by Gasteiger charge is -2.52. The van der Waals surface area contributed by atoms with E-state index in [1.807, 2.05) is 17.0 Å². The van der Waals surface area contributed by atoms with Crippen molar-refractivity contribution in [2.24, 2.45) is 11.3 Å². The summed E-state index contributed by atoms with van der Waals surface area (Å²) in [5.41, 5.74) is 5.01. The number of aryl methyl sites for hydroxylation is 1. The number of hydrogen-bond acceptors (Lipinski definition) is 4. The van der Waals surface area contributed by atoms with Crippen molar-refractivity contribution in [2.75, 3.05) is 33.5 Å². The van der Waals surface area contributed by atoms with Crippen LogP contribution in [0.4, 0.5) is 4.79 Å². The minimum atomic E-state index is -0.737. The summed E-state index contributed by atoms with van der Waals surface area (Å²) in [7, 11) is 1.61. The van der Waals surface area contributed by atoms with Crippen LogP contribution in [0.5, 0.6) is 5.75 Å². The Balaban J connectivity index is 1.32. The highest BCUT2D eigenvalue weighted by Crippen LogP contribution is 2.63. The molecule has 3 saturated heterocycles. The summed E-state index contributed by atoms with van der Waals surface area (Å²) in [4.78, 5) is 17.2. The van der Waals surface area contributed by atoms with Crippen LogP contribution in [-0.4, -0.2) is 60.6 Å². The van der Waals surface area contributed by atoms with Crippen LogP contribution >= 0.6 is 0 Å². The predicted molar refractivity (Wildman–Crippen MR) is 130 cm³/mol. The summed E-state index contributed by atoms with van der Waals surface area (Å²) in [6.07, 6.45) is 5.93. The number of benzene rings is 2. The third-order valence-corrected chi connectivity index (χ3v) is 8.81. The Morgan fingerprint density at radius 2 is 1.82 bits per heavy atom. The molecule has 2 aromatic rings. The first-order valence-corrected chi connectivity index (χ1v) is 12.7. The van der Waals surface area contributed by atoms with E-state index in [0.29, 0.717) is 5.92 Å². The number of amides is 1. The van der Waals surface area contributed by atoms with E-state index in [0.717, 1.165) is 69.5 Å². The largest absolute Gasteiger partial charge is 0.468 e. The molecule has 0 radical (unpaired) electrons. The summed E-state index contributed by atoms with van der Waals surface area (Å²) in [6, 6.07) is 14.9. The second-order valence-corrected chi connectivity index (χ2v) is 10.6. The first-order chi connectivity index (χ1) is 16.6. The van der Waals surface area contributed by atoms with E-state index in [4.69, 9.17) is 9.47 Å². The van der Waals surface area contributed by atoms with Crippen LogP contribution in [0.25, 0.3) is 11.1 Å². The molecule has 7 rings (SSSR count). The number of piperidine rings is 3. The quantitative estimate of drug-likeness (QED) is 0.600. The SMILES string of the molecule is COCOc1ccc(-c2ccc3c(c2)CCC2(CC2)[C@@H]3N(C(=O)O)C2CN3CCC2CC3)cc1. The van der Waals surface area contributed by atoms with Gasteiger partial charge < -0.3 is 19.5 Å². The van der Waals surface area contributed by atoms with Gasteiger partial charge >= 0.3 is 6.09 Å². The van der Waals surface area contributed by atoms with Gasteiger partial charge in [0.2, 0.25) is 0 Å². The maximum absolute atomic E-state index is 12.8. The molecule has 1 amide bonds. The number of carbonyl (C=O) groups is 1. The number of nitrogens with zero attached hydrogens (tertiary/aromatic N) is 2. The first kappa shape index (κ1) is 21.9. The van der Waals surface area contributed by atoms with Crippen LogP contribution in [-0.2, 0) is 11.2 Å². The van der Waals surface area contributed by atoms with E-state index in [2.05, 4.69) is 35.2 Å². The summed E-state index contributed by atoms with van der Waals surface area (Å²) in [6.45, 7) is 3.38. The van der Waals surface area contributed by atoms with Gasteiger partial charge in [0.05, 0.1) is 12.1 Å². The maximum Gasteiger partial charge on any atom is 0.408 e. The minimum Gasteiger partial charge on any atom is -0.468 e. The van der Waals surface area contributed by atoms with Crippen molar-refractivity contribution in [3.8, 4) is 16.9 Å². The van der Waals surface area contributed by atoms with Crippen LogP contribution in [0.15, 0.2) is 42.5 Å². The summed E-state index contributed by atoms with van der Waals surface area (Å²) >= 11 is 0. The van der Waals surface area contributed by atoms with Gasteiger partial charge in [0.25, 0.3) is 0 Å². The summed E-state index contributed by atoms with van der Waals surface area (Å²) in [5, 5.41) is 10.5. The average Bonchev–Trinajstić information content (AvgIpc) is 3.65. The molecule has 1 unspecified atom stereocenters. The Morgan fingerprint density at radius 3 is 2.44 bits per heavy atom. The highest BCUT2D eigenvalue weighted by Gasteiger charge is 2.57. The van der Waals surface area contributed by atoms with Crippen LogP contribution < -0.4 is 4.74 Å². The van der Waals surface area contributed by atoms with Gasteiger partial charge in [-0.3, -0.25) is 4.90 Å². The number of ether oxygens (including phenoxy) is 2. The Bertz CT molecular complexity index is 1060. The maximum atomic E-state index is 12.8. The standard InChI is InChI=1S/C28H34N2O4/c1-33-18-34-23-5-2-19(3-6-23)21-4-7-24-22(16-21)8-11-28(12-13-28)26(24)30(27(31)32)25-17-29-14-9-20(25)10-15-29/h2-7,16,20,25-26H,8-15,17-18H2,1H3,(H,31,32)/t25?,26-/m1/s1. The van der Waals surface area contributed by atoms with Crippen molar-refractivity contribution in [1.82, 2.24) is 9.80 Å². The summed E-state index contributed by atoms with van der Waals surface area (Å²) < 4.78 is 10.5. The van der Waals surface area contributed by atoms with Gasteiger partial charge in [0.15, 0.2) is 6.79 Å². The number of rotatable bonds is 6. The lowest BCUT2D eigenvalue weighted by molar-refractivity contribution is -0.0243. The van der Waals surface area contributed by atoms with Crippen LogP contribution in [0.1, 0.15) is 49.3 Å². The van der Waals surface area contributed by atoms with Crippen molar-refractivity contribution in [3.63, 3.8) is 0 Å². The lowest BCUT2D eigenvalue weighted by Crippen LogP contribution is -2.60. The smallest absolute Gasteiger partial charge is 0.408 e. The van der Waals surface area contributed by atoms with Gasteiger partial charge in [0.1, 0.15) is 5.75 Å². The second kappa shape index (κ2) is 8.58. The van der Waals surface area contributed by atoms with Crippen molar-refractivity contribution in [2.45, 2.75) is 50.6 Å². The third-order valence-electron chi connectivity index (χ3n) is 8.81. The summed E-state index contributed by atoms with van der Waals surface area (Å²) in [5.74, 6) is 1.29. The lowest BCUT2D eigenvalue weighted by atomic mass is 9.73. The van der Waals surface area contributed by atoms with Gasteiger partial charge in [0, 0.05) is 13.7 Å². The van der Waals surface area contributed by atoms with E-state index in [1.165, 1.54) is 16.7 Å². The van der Waals surface area contributed by atoms with Crippen molar-refractivity contribution < 1.29 is 19.4 Å². The molecule has 2 atom stereocenters. The van der Waals surface area contributed by atoms with E-state index in [9.17, 15) is 9.90 Å². The van der Waals surface area contributed by atoms with Crippen LogP contribution in [0, 0.1) is 11.3 Å². The fourth-order valence-electron chi connectivity index (χ4n) is 6.81. The molecule has 2 aromatic carbocycles. The monoisotopic (exact) mass is 462 g/mol. The first-order valence-electron chi connectivity index (χ1n) is 12.7. The van der Waals surface area contributed by atoms with Gasteiger partial charge in [-0.25, -0.2) is 4.79 Å². The molecule has 1 spiro atoms. The van der Waals surface area contributed by atoms with Crippen LogP contribution in [0.3, 0.4) is 0 Å². The average molecular weight is 463 g/mol. The minimum absolute atomic E-state index is 0.0156. The molecule has 1 saturated carbocycles. The van der Waals surface area contributed by atoms with Crippen molar-refractivity contribution >= 4 is 6.09 Å². The van der Waals surface area contributed by atoms with E-state index >= 15 is 0 Å². The Labute approximate surface area is 201 Å². The molecule has 2 bridgehead atoms. The molecule has 3 heterocycles. The molecule has 3 aliphatic heterocycles. The van der Waals surface area contributed by atoms with Gasteiger partial charge in [-0.1, -0.05) is 30.3 Å². The molecule has 6 heteroatoms. The zero-order chi connectivity index (χ0) is 23.3. The fraction of sp³-hybridized carbons (Fsp3) is 0.536. The molecule has 180 valence electrons. The molecule has 5 aliphatic rings. The molecule has 0 aromatic heterocycles. The molecule has 6 nitrogen and oxygen atoms in total.